The highest BCUT2D eigenvalue weighted by molar-refractivity contribution is 7.90. The second kappa shape index (κ2) is 5.70. The second-order valence-electron chi connectivity index (χ2n) is 5.47. The average Bonchev–Trinajstić information content (AvgIpc) is 2.92. The normalized spacial score (nSPS) is 13.9. The van der Waals surface area contributed by atoms with Crippen LogP contribution in [0.5, 0.6) is 0 Å². The van der Waals surface area contributed by atoms with Gasteiger partial charge in [0, 0.05) is 25.9 Å². The van der Waals surface area contributed by atoms with E-state index in [-0.39, 0.29) is 4.90 Å². The molecule has 0 aromatic heterocycles. The minimum absolute atomic E-state index is 0.0147. The van der Waals surface area contributed by atoms with Gasteiger partial charge in [0.25, 0.3) is 0 Å². The van der Waals surface area contributed by atoms with Gasteiger partial charge in [0.15, 0.2) is 9.84 Å². The van der Waals surface area contributed by atoms with Gasteiger partial charge >= 0.3 is 0 Å². The molecule has 0 saturated heterocycles. The number of hydrogen-bond acceptors (Lipinski definition) is 4. The van der Waals surface area contributed by atoms with E-state index in [1.165, 1.54) is 23.3 Å². The summed E-state index contributed by atoms with van der Waals surface area (Å²) in [6, 6.07) is 10.1. The molecule has 22 heavy (non-hydrogen) atoms. The number of rotatable bonds is 4. The van der Waals surface area contributed by atoms with Crippen LogP contribution in [0.4, 0.5) is 10.1 Å². The molecule has 2 aromatic rings. The molecule has 0 amide bonds. The quantitative estimate of drug-likeness (QED) is 0.908. The number of fused-ring (bicyclic) bond motifs is 1. The van der Waals surface area contributed by atoms with Crippen molar-refractivity contribution < 1.29 is 12.8 Å². The Morgan fingerprint density at radius 3 is 2.64 bits per heavy atom. The molecule has 6 heteroatoms. The van der Waals surface area contributed by atoms with Gasteiger partial charge in [0.2, 0.25) is 0 Å². The molecular formula is C16H17FN2O2S. The van der Waals surface area contributed by atoms with E-state index in [1.54, 1.807) is 0 Å². The number of sulfone groups is 1. The molecule has 116 valence electrons. The molecular weight excluding hydrogens is 303 g/mol. The van der Waals surface area contributed by atoms with Crippen molar-refractivity contribution in [2.75, 3.05) is 11.6 Å². The smallest absolute Gasteiger partial charge is 0.175 e. The van der Waals surface area contributed by atoms with Crippen LogP contribution in [-0.4, -0.2) is 14.7 Å². The summed E-state index contributed by atoms with van der Waals surface area (Å²) in [5.74, 6) is -0.564. The van der Waals surface area contributed by atoms with Crippen molar-refractivity contribution in [3.63, 3.8) is 0 Å². The summed E-state index contributed by atoms with van der Waals surface area (Å²) in [7, 11) is -3.39. The zero-order chi connectivity index (χ0) is 15.7. The number of hydrogen-bond donors (Lipinski definition) is 2. The maximum absolute atomic E-state index is 14.0. The first-order valence-corrected chi connectivity index (χ1v) is 8.87. The van der Waals surface area contributed by atoms with E-state index < -0.39 is 15.7 Å². The summed E-state index contributed by atoms with van der Waals surface area (Å²) < 4.78 is 36.7. The van der Waals surface area contributed by atoms with Crippen molar-refractivity contribution in [1.82, 2.24) is 5.32 Å². The summed E-state index contributed by atoms with van der Waals surface area (Å²) >= 11 is 0. The zero-order valence-electron chi connectivity index (χ0n) is 12.2. The fraction of sp³-hybridized carbons (Fsp3) is 0.250. The number of benzene rings is 2. The van der Waals surface area contributed by atoms with E-state index in [0.717, 1.165) is 31.0 Å². The molecule has 0 atom stereocenters. The van der Waals surface area contributed by atoms with Crippen molar-refractivity contribution in [1.29, 1.82) is 0 Å². The van der Waals surface area contributed by atoms with Crippen LogP contribution in [0.25, 0.3) is 0 Å². The van der Waals surface area contributed by atoms with E-state index in [4.69, 9.17) is 0 Å². The largest absolute Gasteiger partial charge is 0.379 e. The van der Waals surface area contributed by atoms with Crippen LogP contribution in [0.3, 0.4) is 0 Å². The third-order valence-electron chi connectivity index (χ3n) is 3.75. The van der Waals surface area contributed by atoms with E-state index in [2.05, 4.69) is 22.8 Å². The van der Waals surface area contributed by atoms with Crippen molar-refractivity contribution in [3.05, 3.63) is 58.9 Å². The Hall–Kier alpha value is -1.92. The molecule has 2 aromatic carbocycles. The van der Waals surface area contributed by atoms with Gasteiger partial charge in [0.05, 0.1) is 10.6 Å². The van der Waals surface area contributed by atoms with Gasteiger partial charge < -0.3 is 10.6 Å². The van der Waals surface area contributed by atoms with E-state index >= 15 is 0 Å². The maximum Gasteiger partial charge on any atom is 0.175 e. The minimum atomic E-state index is -3.39. The van der Waals surface area contributed by atoms with Gasteiger partial charge in [0.1, 0.15) is 5.82 Å². The first kappa shape index (κ1) is 15.0. The number of nitrogens with one attached hydrogen (secondary N) is 2. The van der Waals surface area contributed by atoms with Gasteiger partial charge in [-0.05, 0) is 34.9 Å². The van der Waals surface area contributed by atoms with Crippen molar-refractivity contribution in [3.8, 4) is 0 Å². The van der Waals surface area contributed by atoms with Crippen LogP contribution in [0.2, 0.25) is 0 Å². The fourth-order valence-electron chi connectivity index (χ4n) is 2.53. The maximum atomic E-state index is 14.0. The second-order valence-corrected chi connectivity index (χ2v) is 7.49. The predicted molar refractivity (Wildman–Crippen MR) is 83.8 cm³/mol. The molecule has 1 aliphatic rings. The fourth-order valence-corrected chi connectivity index (χ4v) is 3.16. The topological polar surface area (TPSA) is 58.2 Å². The Labute approximate surface area is 129 Å². The molecule has 0 aliphatic carbocycles. The molecule has 0 unspecified atom stereocenters. The monoisotopic (exact) mass is 320 g/mol. The summed E-state index contributed by atoms with van der Waals surface area (Å²) in [6.07, 6.45) is 1.06. The summed E-state index contributed by atoms with van der Waals surface area (Å²) in [5.41, 5.74) is 3.93. The van der Waals surface area contributed by atoms with Gasteiger partial charge in [-0.15, -0.1) is 0 Å². The summed E-state index contributed by atoms with van der Waals surface area (Å²) in [4.78, 5) is -0.0147. The Bertz CT molecular complexity index is 819. The summed E-state index contributed by atoms with van der Waals surface area (Å²) in [6.45, 7) is 2.24. The van der Waals surface area contributed by atoms with E-state index in [1.807, 2.05) is 6.07 Å². The lowest BCUT2D eigenvalue weighted by Crippen LogP contribution is -2.04. The van der Waals surface area contributed by atoms with Gasteiger partial charge in [-0.2, -0.15) is 0 Å². The third kappa shape index (κ3) is 3.13. The number of halogens is 1. The molecule has 0 saturated carbocycles. The lowest BCUT2D eigenvalue weighted by atomic mass is 10.1. The predicted octanol–water partition coefficient (Wildman–Crippen LogP) is 2.44. The van der Waals surface area contributed by atoms with Crippen LogP contribution in [0.15, 0.2) is 41.3 Å². The lowest BCUT2D eigenvalue weighted by Gasteiger charge is -2.10. The van der Waals surface area contributed by atoms with Crippen LogP contribution in [0.1, 0.15) is 16.7 Å². The van der Waals surface area contributed by atoms with Crippen molar-refractivity contribution in [2.24, 2.45) is 0 Å². The lowest BCUT2D eigenvalue weighted by molar-refractivity contribution is 0.596. The van der Waals surface area contributed by atoms with Crippen LogP contribution < -0.4 is 10.6 Å². The molecule has 0 spiro atoms. The molecule has 1 heterocycles. The Kier molecular flexibility index (Phi) is 3.88. The highest BCUT2D eigenvalue weighted by Crippen LogP contribution is 2.21. The molecule has 1 aliphatic heterocycles. The standard InChI is InChI=1S/C16H17FN2O2S/c1-22(20,21)14-4-5-16(15(17)7-14)19-8-11-2-3-12-9-18-10-13(12)6-11/h2-7,18-19H,8-10H2,1H3. The van der Waals surface area contributed by atoms with E-state index in [9.17, 15) is 12.8 Å². The number of anilines is 1. The van der Waals surface area contributed by atoms with E-state index in [0.29, 0.717) is 12.2 Å². The molecule has 0 fully saturated rings. The SMILES string of the molecule is CS(=O)(=O)c1ccc(NCc2ccc3c(c2)CNC3)c(F)c1. The highest BCUT2D eigenvalue weighted by Gasteiger charge is 2.12. The molecule has 3 rings (SSSR count). The molecule has 0 radical (unpaired) electrons. The Morgan fingerprint density at radius 1 is 1.14 bits per heavy atom. The van der Waals surface area contributed by atoms with Crippen LogP contribution >= 0.6 is 0 Å². The van der Waals surface area contributed by atoms with Crippen LogP contribution in [0, 0.1) is 5.82 Å². The zero-order valence-corrected chi connectivity index (χ0v) is 13.0. The van der Waals surface area contributed by atoms with Gasteiger partial charge in [-0.1, -0.05) is 18.2 Å². The van der Waals surface area contributed by atoms with Crippen molar-refractivity contribution in [2.45, 2.75) is 24.5 Å². The van der Waals surface area contributed by atoms with Gasteiger partial charge in [-0.25, -0.2) is 12.8 Å². The summed E-state index contributed by atoms with van der Waals surface area (Å²) in [5, 5.41) is 6.29. The minimum Gasteiger partial charge on any atom is -0.379 e. The highest BCUT2D eigenvalue weighted by atomic mass is 32.2. The Morgan fingerprint density at radius 2 is 1.91 bits per heavy atom. The third-order valence-corrected chi connectivity index (χ3v) is 4.86. The molecule has 0 bridgehead atoms. The Balaban J connectivity index is 1.74. The van der Waals surface area contributed by atoms with Gasteiger partial charge in [-0.3, -0.25) is 0 Å². The first-order chi connectivity index (χ1) is 10.4. The molecule has 4 nitrogen and oxygen atoms in total. The van der Waals surface area contributed by atoms with Crippen molar-refractivity contribution >= 4 is 15.5 Å². The molecule has 2 N–H and O–H groups in total. The first-order valence-electron chi connectivity index (χ1n) is 6.98. The van der Waals surface area contributed by atoms with Crippen LogP contribution in [-0.2, 0) is 29.5 Å². The average molecular weight is 320 g/mol.